The van der Waals surface area contributed by atoms with Crippen LogP contribution in [0, 0.1) is 17.0 Å². The summed E-state index contributed by atoms with van der Waals surface area (Å²) in [5, 5.41) is 14.0. The van der Waals surface area contributed by atoms with Gasteiger partial charge < -0.3 is 5.32 Å². The van der Waals surface area contributed by atoms with Crippen LogP contribution in [0.4, 0.5) is 11.4 Å². The van der Waals surface area contributed by atoms with E-state index in [1.807, 2.05) is 37.3 Å². The highest BCUT2D eigenvalue weighted by Gasteiger charge is 2.20. The van der Waals surface area contributed by atoms with E-state index < -0.39 is 14.9 Å². The molecule has 3 rings (SSSR count). The number of aryl methyl sites for hydroxylation is 2. The second-order valence-electron chi connectivity index (χ2n) is 7.79. The van der Waals surface area contributed by atoms with Gasteiger partial charge in [0, 0.05) is 28.9 Å². The van der Waals surface area contributed by atoms with E-state index in [0.717, 1.165) is 18.9 Å². The molecule has 1 atom stereocenters. The van der Waals surface area contributed by atoms with Crippen LogP contribution in [0.3, 0.4) is 0 Å². The molecule has 0 aliphatic rings. The van der Waals surface area contributed by atoms with E-state index in [0.29, 0.717) is 11.1 Å². The molecule has 0 aliphatic carbocycles. The number of carbonyl (C=O) groups excluding carboxylic acids is 1. The Kier molecular flexibility index (Phi) is 7.44. The zero-order valence-electron chi connectivity index (χ0n) is 18.3. The van der Waals surface area contributed by atoms with Gasteiger partial charge in [0.2, 0.25) is 0 Å². The molecule has 0 saturated carbocycles. The van der Waals surface area contributed by atoms with Gasteiger partial charge in [-0.3, -0.25) is 19.6 Å². The minimum atomic E-state index is -4.03. The van der Waals surface area contributed by atoms with Crippen molar-refractivity contribution in [1.29, 1.82) is 0 Å². The first-order chi connectivity index (χ1) is 15.7. The monoisotopic (exact) mass is 467 g/mol. The number of hydrogen-bond donors (Lipinski definition) is 2. The van der Waals surface area contributed by atoms with Crippen LogP contribution in [0.1, 0.15) is 34.8 Å². The number of hydrogen-bond acceptors (Lipinski definition) is 5. The highest BCUT2D eigenvalue weighted by atomic mass is 32.2. The van der Waals surface area contributed by atoms with Gasteiger partial charge in [-0.1, -0.05) is 36.4 Å². The predicted octanol–water partition coefficient (Wildman–Crippen LogP) is 4.46. The van der Waals surface area contributed by atoms with Gasteiger partial charge >= 0.3 is 0 Å². The van der Waals surface area contributed by atoms with E-state index in [9.17, 15) is 23.3 Å². The van der Waals surface area contributed by atoms with E-state index in [2.05, 4.69) is 10.0 Å². The number of nitrogens with zero attached hydrogens (tertiary/aromatic N) is 1. The molecule has 0 bridgehead atoms. The van der Waals surface area contributed by atoms with Crippen molar-refractivity contribution in [2.45, 2.75) is 37.6 Å². The summed E-state index contributed by atoms with van der Waals surface area (Å²) in [6.45, 7) is 3.47. The quantitative estimate of drug-likeness (QED) is 0.356. The maximum atomic E-state index is 12.6. The van der Waals surface area contributed by atoms with Crippen molar-refractivity contribution < 1.29 is 18.1 Å². The second kappa shape index (κ2) is 10.3. The van der Waals surface area contributed by atoms with Crippen molar-refractivity contribution in [3.05, 3.63) is 99.6 Å². The zero-order valence-corrected chi connectivity index (χ0v) is 19.1. The summed E-state index contributed by atoms with van der Waals surface area (Å²) >= 11 is 0. The van der Waals surface area contributed by atoms with Crippen molar-refractivity contribution in [2.75, 3.05) is 4.72 Å². The maximum absolute atomic E-state index is 12.6. The topological polar surface area (TPSA) is 118 Å². The molecule has 0 spiro atoms. The highest BCUT2D eigenvalue weighted by molar-refractivity contribution is 7.92. The number of anilines is 1. The fraction of sp³-hybridized carbons (Fsp3) is 0.208. The van der Waals surface area contributed by atoms with Gasteiger partial charge in [-0.2, -0.15) is 0 Å². The average molecular weight is 468 g/mol. The molecule has 172 valence electrons. The molecule has 33 heavy (non-hydrogen) atoms. The molecule has 0 heterocycles. The number of amides is 1. The lowest BCUT2D eigenvalue weighted by molar-refractivity contribution is -0.385. The smallest absolute Gasteiger partial charge is 0.273 e. The SMILES string of the molecule is Cc1ccc(S(=O)(=O)Nc2ccc(C(=O)NC(C)CCc3ccccc3)cc2)cc1[N+](=O)[O-]. The third-order valence-corrected chi connectivity index (χ3v) is 6.55. The molecule has 1 unspecified atom stereocenters. The lowest BCUT2D eigenvalue weighted by atomic mass is 10.1. The zero-order chi connectivity index (χ0) is 24.0. The largest absolute Gasteiger partial charge is 0.350 e. The molecule has 0 saturated heterocycles. The molecule has 0 aromatic heterocycles. The molecular formula is C24H25N3O5S. The molecular weight excluding hydrogens is 442 g/mol. The van der Waals surface area contributed by atoms with Crippen molar-refractivity contribution in [1.82, 2.24) is 5.32 Å². The number of sulfonamides is 1. The van der Waals surface area contributed by atoms with Crippen LogP contribution in [0.25, 0.3) is 0 Å². The van der Waals surface area contributed by atoms with Gasteiger partial charge in [0.15, 0.2) is 0 Å². The average Bonchev–Trinajstić information content (AvgIpc) is 2.78. The van der Waals surface area contributed by atoms with Gasteiger partial charge in [0.1, 0.15) is 0 Å². The third-order valence-electron chi connectivity index (χ3n) is 5.17. The normalized spacial score (nSPS) is 12.1. The summed E-state index contributed by atoms with van der Waals surface area (Å²) in [4.78, 5) is 22.8. The van der Waals surface area contributed by atoms with Crippen LogP contribution >= 0.6 is 0 Å². The van der Waals surface area contributed by atoms with E-state index in [-0.39, 0.29) is 28.2 Å². The van der Waals surface area contributed by atoms with Gasteiger partial charge in [0.05, 0.1) is 9.82 Å². The van der Waals surface area contributed by atoms with Gasteiger partial charge in [-0.25, -0.2) is 8.42 Å². The van der Waals surface area contributed by atoms with Crippen LogP contribution in [-0.2, 0) is 16.4 Å². The van der Waals surface area contributed by atoms with E-state index >= 15 is 0 Å². The summed E-state index contributed by atoms with van der Waals surface area (Å²) in [6.07, 6.45) is 1.64. The maximum Gasteiger partial charge on any atom is 0.273 e. The predicted molar refractivity (Wildman–Crippen MR) is 127 cm³/mol. The molecule has 0 radical (unpaired) electrons. The minimum absolute atomic E-state index is 0.0341. The molecule has 2 N–H and O–H groups in total. The van der Waals surface area contributed by atoms with Gasteiger partial charge in [0.25, 0.3) is 21.6 Å². The van der Waals surface area contributed by atoms with Gasteiger partial charge in [-0.05, 0) is 62.6 Å². The Balaban J connectivity index is 1.62. The summed E-state index contributed by atoms with van der Waals surface area (Å²) in [5.41, 5.74) is 1.94. The number of nitro groups is 1. The number of nitrogens with one attached hydrogen (secondary N) is 2. The fourth-order valence-corrected chi connectivity index (χ4v) is 4.34. The Hall–Kier alpha value is -3.72. The van der Waals surface area contributed by atoms with Crippen molar-refractivity contribution in [2.24, 2.45) is 0 Å². The molecule has 3 aromatic rings. The Bertz CT molecular complexity index is 1240. The van der Waals surface area contributed by atoms with Crippen LogP contribution < -0.4 is 10.0 Å². The molecule has 3 aromatic carbocycles. The van der Waals surface area contributed by atoms with Crippen molar-refractivity contribution in [3.8, 4) is 0 Å². The Morgan fingerprint density at radius 1 is 1.03 bits per heavy atom. The van der Waals surface area contributed by atoms with E-state index in [1.165, 1.54) is 48.9 Å². The first-order valence-corrected chi connectivity index (χ1v) is 11.9. The van der Waals surface area contributed by atoms with Crippen LogP contribution in [0.5, 0.6) is 0 Å². The first-order valence-electron chi connectivity index (χ1n) is 10.4. The summed E-state index contributed by atoms with van der Waals surface area (Å²) < 4.78 is 27.6. The van der Waals surface area contributed by atoms with E-state index in [1.54, 1.807) is 0 Å². The summed E-state index contributed by atoms with van der Waals surface area (Å²) in [5.74, 6) is -0.251. The number of rotatable bonds is 9. The molecule has 0 aliphatic heterocycles. The van der Waals surface area contributed by atoms with E-state index in [4.69, 9.17) is 0 Å². The number of benzene rings is 3. The lowest BCUT2D eigenvalue weighted by Gasteiger charge is -2.14. The first kappa shape index (κ1) is 23.9. The third kappa shape index (κ3) is 6.39. The van der Waals surface area contributed by atoms with Crippen LogP contribution in [0.2, 0.25) is 0 Å². The lowest BCUT2D eigenvalue weighted by Crippen LogP contribution is -2.32. The fourth-order valence-electron chi connectivity index (χ4n) is 3.26. The summed E-state index contributed by atoms with van der Waals surface area (Å²) in [6, 6.07) is 19.7. The Morgan fingerprint density at radius 3 is 2.33 bits per heavy atom. The Morgan fingerprint density at radius 2 is 1.70 bits per heavy atom. The van der Waals surface area contributed by atoms with Crippen molar-refractivity contribution in [3.63, 3.8) is 0 Å². The Labute approximate surface area is 192 Å². The standard InChI is InChI=1S/C24H25N3O5S/c1-17-8-15-22(16-23(17)27(29)30)33(31,32)26-21-13-11-20(12-14-21)24(28)25-18(2)9-10-19-6-4-3-5-7-19/h3-8,11-16,18,26H,9-10H2,1-2H3,(H,25,28). The second-order valence-corrected chi connectivity index (χ2v) is 9.47. The molecule has 0 fully saturated rings. The highest BCUT2D eigenvalue weighted by Crippen LogP contribution is 2.24. The molecule has 8 nitrogen and oxygen atoms in total. The molecule has 9 heteroatoms. The van der Waals surface area contributed by atoms with Crippen LogP contribution in [0.15, 0.2) is 77.7 Å². The van der Waals surface area contributed by atoms with Crippen LogP contribution in [-0.4, -0.2) is 25.3 Å². The van der Waals surface area contributed by atoms with Crippen molar-refractivity contribution >= 4 is 27.3 Å². The number of carbonyl (C=O) groups is 1. The molecule has 1 amide bonds. The minimum Gasteiger partial charge on any atom is -0.350 e. The van der Waals surface area contributed by atoms with Gasteiger partial charge in [-0.15, -0.1) is 0 Å². The number of nitro benzene ring substituents is 1. The summed E-state index contributed by atoms with van der Waals surface area (Å²) in [7, 11) is -4.03.